The zero-order valence-corrected chi connectivity index (χ0v) is 10.4. The summed E-state index contributed by atoms with van der Waals surface area (Å²) >= 11 is 5.65. The van der Waals surface area contributed by atoms with Gasteiger partial charge in [0.1, 0.15) is 5.82 Å². The Hall–Kier alpha value is -1.20. The zero-order chi connectivity index (χ0) is 12.5. The van der Waals surface area contributed by atoms with Gasteiger partial charge in [-0.25, -0.2) is 9.97 Å². The van der Waals surface area contributed by atoms with Crippen LogP contribution in [0.1, 0.15) is 26.2 Å². The van der Waals surface area contributed by atoms with Crippen LogP contribution in [0.4, 0.5) is 5.82 Å². The molecule has 5 nitrogen and oxygen atoms in total. The minimum absolute atomic E-state index is 0.0974. The lowest BCUT2D eigenvalue weighted by molar-refractivity contribution is -0.125. The Morgan fingerprint density at radius 2 is 2.47 bits per heavy atom. The fourth-order valence-corrected chi connectivity index (χ4v) is 2.29. The molecule has 0 saturated heterocycles. The smallest absolute Gasteiger partial charge is 0.233 e. The van der Waals surface area contributed by atoms with Gasteiger partial charge in [-0.05, 0) is 37.4 Å². The van der Waals surface area contributed by atoms with Crippen molar-refractivity contribution in [1.82, 2.24) is 9.97 Å². The maximum absolute atomic E-state index is 12.2. The zero-order valence-electron chi connectivity index (χ0n) is 9.61. The lowest BCUT2D eigenvalue weighted by Crippen LogP contribution is -2.44. The molecule has 1 saturated carbocycles. The van der Waals surface area contributed by atoms with Gasteiger partial charge in [-0.15, -0.1) is 0 Å². The summed E-state index contributed by atoms with van der Waals surface area (Å²) in [5.74, 6) is 0.313. The fraction of sp³-hybridized carbons (Fsp3) is 0.545. The van der Waals surface area contributed by atoms with Gasteiger partial charge in [0.25, 0.3) is 0 Å². The van der Waals surface area contributed by atoms with Crippen LogP contribution in [0.2, 0.25) is 5.28 Å². The lowest BCUT2D eigenvalue weighted by Gasteiger charge is -2.27. The first-order valence-electron chi connectivity index (χ1n) is 5.58. The second kappa shape index (κ2) is 4.58. The van der Waals surface area contributed by atoms with E-state index in [0.29, 0.717) is 5.82 Å². The second-order valence-electron chi connectivity index (χ2n) is 4.58. The molecule has 2 rings (SSSR count). The van der Waals surface area contributed by atoms with Crippen molar-refractivity contribution in [2.24, 2.45) is 11.1 Å². The van der Waals surface area contributed by atoms with Crippen molar-refractivity contribution in [3.63, 3.8) is 0 Å². The number of hydrogen-bond acceptors (Lipinski definition) is 4. The van der Waals surface area contributed by atoms with Crippen molar-refractivity contribution in [2.75, 3.05) is 5.32 Å². The first-order chi connectivity index (χ1) is 8.02. The molecule has 0 bridgehead atoms. The Morgan fingerprint density at radius 3 is 3.06 bits per heavy atom. The number of carbonyl (C=O) groups is 1. The largest absolute Gasteiger partial charge is 0.327 e. The minimum Gasteiger partial charge on any atom is -0.327 e. The maximum Gasteiger partial charge on any atom is 0.233 e. The molecular weight excluding hydrogens is 240 g/mol. The summed E-state index contributed by atoms with van der Waals surface area (Å²) in [5, 5.41) is 2.86. The van der Waals surface area contributed by atoms with Crippen molar-refractivity contribution in [3.8, 4) is 0 Å². The summed E-state index contributed by atoms with van der Waals surface area (Å²) in [7, 11) is 0. The normalized spacial score (nSPS) is 28.1. The quantitative estimate of drug-likeness (QED) is 0.786. The second-order valence-corrected chi connectivity index (χ2v) is 4.92. The molecule has 0 spiro atoms. The van der Waals surface area contributed by atoms with Crippen molar-refractivity contribution in [2.45, 2.75) is 32.2 Å². The van der Waals surface area contributed by atoms with Crippen LogP contribution in [0.5, 0.6) is 0 Å². The van der Waals surface area contributed by atoms with Crippen molar-refractivity contribution in [3.05, 3.63) is 17.5 Å². The molecule has 92 valence electrons. The fourth-order valence-electron chi connectivity index (χ4n) is 2.14. The molecule has 2 unspecified atom stereocenters. The van der Waals surface area contributed by atoms with Crippen molar-refractivity contribution < 1.29 is 4.79 Å². The summed E-state index contributed by atoms with van der Waals surface area (Å²) in [6.07, 6.45) is 4.17. The van der Waals surface area contributed by atoms with Crippen LogP contribution in [0, 0.1) is 5.41 Å². The lowest BCUT2D eigenvalue weighted by atomic mass is 9.84. The molecule has 1 aromatic heterocycles. The standard InChI is InChI=1S/C11H15ClN4O/c1-11(5-2-3-7(11)13)9(17)15-8-4-6-14-10(12)16-8/h4,6-7H,2-3,5,13H2,1H3,(H,14,15,16,17). The molecule has 1 amide bonds. The summed E-state index contributed by atoms with van der Waals surface area (Å²) in [5.41, 5.74) is 5.46. The minimum atomic E-state index is -0.516. The highest BCUT2D eigenvalue weighted by molar-refractivity contribution is 6.28. The molecule has 0 aliphatic heterocycles. The van der Waals surface area contributed by atoms with Gasteiger partial charge in [-0.1, -0.05) is 6.42 Å². The molecule has 2 atom stereocenters. The third-order valence-corrected chi connectivity index (χ3v) is 3.60. The Balaban J connectivity index is 2.12. The molecule has 1 aliphatic carbocycles. The first-order valence-corrected chi connectivity index (χ1v) is 5.96. The van der Waals surface area contributed by atoms with Crippen LogP contribution in [-0.4, -0.2) is 21.9 Å². The summed E-state index contributed by atoms with van der Waals surface area (Å²) in [6, 6.07) is 1.51. The SMILES string of the molecule is CC1(C(=O)Nc2ccnc(Cl)n2)CCCC1N. The number of nitrogens with two attached hydrogens (primary N) is 1. The van der Waals surface area contributed by atoms with Gasteiger partial charge in [0, 0.05) is 12.2 Å². The Morgan fingerprint density at radius 1 is 1.71 bits per heavy atom. The van der Waals surface area contributed by atoms with Crippen molar-refractivity contribution in [1.29, 1.82) is 0 Å². The molecule has 3 N–H and O–H groups in total. The van der Waals surface area contributed by atoms with Crippen LogP contribution in [0.15, 0.2) is 12.3 Å². The number of carbonyl (C=O) groups excluding carboxylic acids is 1. The van der Waals surface area contributed by atoms with Gasteiger partial charge in [0.05, 0.1) is 5.41 Å². The van der Waals surface area contributed by atoms with Gasteiger partial charge < -0.3 is 11.1 Å². The van der Waals surface area contributed by atoms with E-state index < -0.39 is 5.41 Å². The average Bonchev–Trinajstić information content (AvgIpc) is 2.60. The monoisotopic (exact) mass is 254 g/mol. The molecule has 6 heteroatoms. The van der Waals surface area contributed by atoms with E-state index in [4.69, 9.17) is 17.3 Å². The predicted octanol–water partition coefficient (Wildman–Crippen LogP) is 1.59. The Kier molecular flexibility index (Phi) is 3.31. The van der Waals surface area contributed by atoms with E-state index in [0.717, 1.165) is 19.3 Å². The molecule has 0 aromatic carbocycles. The Labute approximate surface area is 105 Å². The van der Waals surface area contributed by atoms with E-state index in [9.17, 15) is 4.79 Å². The Bertz CT molecular complexity index is 439. The van der Waals surface area contributed by atoms with Gasteiger partial charge in [0.15, 0.2) is 0 Å². The number of rotatable bonds is 2. The predicted molar refractivity (Wildman–Crippen MR) is 65.6 cm³/mol. The van der Waals surface area contributed by atoms with E-state index in [1.807, 2.05) is 6.92 Å². The van der Waals surface area contributed by atoms with E-state index in [2.05, 4.69) is 15.3 Å². The van der Waals surface area contributed by atoms with E-state index in [1.165, 1.54) is 6.20 Å². The third-order valence-electron chi connectivity index (χ3n) is 3.42. The number of nitrogens with zero attached hydrogens (tertiary/aromatic N) is 2. The molecule has 1 heterocycles. The van der Waals surface area contributed by atoms with Crippen molar-refractivity contribution >= 4 is 23.3 Å². The summed E-state index contributed by atoms with van der Waals surface area (Å²) in [6.45, 7) is 1.89. The molecule has 17 heavy (non-hydrogen) atoms. The molecule has 1 aromatic rings. The highest BCUT2D eigenvalue weighted by Crippen LogP contribution is 2.37. The number of hydrogen-bond donors (Lipinski definition) is 2. The summed E-state index contributed by atoms with van der Waals surface area (Å²) in [4.78, 5) is 19.8. The van der Waals surface area contributed by atoms with Gasteiger partial charge in [0.2, 0.25) is 11.2 Å². The van der Waals surface area contributed by atoms with Crippen LogP contribution in [0.25, 0.3) is 0 Å². The summed E-state index contributed by atoms with van der Waals surface area (Å²) < 4.78 is 0. The van der Waals surface area contributed by atoms with E-state index in [1.54, 1.807) is 6.07 Å². The average molecular weight is 255 g/mol. The van der Waals surface area contributed by atoms with Gasteiger partial charge in [-0.3, -0.25) is 4.79 Å². The molecular formula is C11H15ClN4O. The maximum atomic E-state index is 12.2. The van der Waals surface area contributed by atoms with Crippen LogP contribution in [0.3, 0.4) is 0 Å². The van der Waals surface area contributed by atoms with Gasteiger partial charge >= 0.3 is 0 Å². The number of anilines is 1. The molecule has 0 radical (unpaired) electrons. The highest BCUT2D eigenvalue weighted by atomic mass is 35.5. The highest BCUT2D eigenvalue weighted by Gasteiger charge is 2.43. The third kappa shape index (κ3) is 2.40. The van der Waals surface area contributed by atoms with Gasteiger partial charge in [-0.2, -0.15) is 0 Å². The van der Waals surface area contributed by atoms with E-state index >= 15 is 0 Å². The van der Waals surface area contributed by atoms with E-state index in [-0.39, 0.29) is 17.2 Å². The van der Waals surface area contributed by atoms with Crippen LogP contribution >= 0.6 is 11.6 Å². The van der Waals surface area contributed by atoms with Crippen LogP contribution < -0.4 is 11.1 Å². The number of aromatic nitrogens is 2. The first kappa shape index (κ1) is 12.3. The topological polar surface area (TPSA) is 80.9 Å². The number of halogens is 1. The molecule has 1 aliphatic rings. The number of amides is 1. The number of nitrogens with one attached hydrogen (secondary N) is 1. The molecule has 1 fully saturated rings. The van der Waals surface area contributed by atoms with Crippen LogP contribution in [-0.2, 0) is 4.79 Å².